The second kappa shape index (κ2) is 6.13. The maximum absolute atomic E-state index is 11.9. The lowest BCUT2D eigenvalue weighted by Gasteiger charge is -2.13. The zero-order valence-corrected chi connectivity index (χ0v) is 11.8. The first-order chi connectivity index (χ1) is 8.72. The molecule has 0 aliphatic rings. The first-order valence-corrected chi connectivity index (χ1v) is 7.22. The lowest BCUT2D eigenvalue weighted by atomic mass is 10.2. The van der Waals surface area contributed by atoms with Crippen molar-refractivity contribution < 1.29 is 28.2 Å². The molecule has 1 rings (SSSR count). The van der Waals surface area contributed by atoms with Crippen molar-refractivity contribution in [1.29, 1.82) is 0 Å². The molecule has 0 aliphatic carbocycles. The van der Waals surface area contributed by atoms with Gasteiger partial charge in [-0.3, -0.25) is 9.59 Å². The molecule has 0 unspecified atom stereocenters. The van der Waals surface area contributed by atoms with Gasteiger partial charge in [-0.15, -0.1) is 0 Å². The Morgan fingerprint density at radius 3 is 2.42 bits per heavy atom. The highest BCUT2D eigenvalue weighted by Gasteiger charge is 2.27. The predicted molar refractivity (Wildman–Crippen MR) is 68.1 cm³/mol. The van der Waals surface area contributed by atoms with Crippen LogP contribution in [0.25, 0.3) is 0 Å². The minimum atomic E-state index is -4.10. The molecule has 0 saturated heterocycles. The van der Waals surface area contributed by atoms with E-state index in [0.29, 0.717) is 4.47 Å². The minimum absolute atomic E-state index is 0.154. The molecule has 1 aromatic carbocycles. The van der Waals surface area contributed by atoms with Gasteiger partial charge in [0, 0.05) is 4.47 Å². The predicted octanol–water partition coefficient (Wildman–Crippen LogP) is 0.655. The molecular formula is C10H10BrNO6S. The summed E-state index contributed by atoms with van der Waals surface area (Å²) in [7, 11) is -4.10. The van der Waals surface area contributed by atoms with Gasteiger partial charge in [0.2, 0.25) is 10.0 Å². The van der Waals surface area contributed by atoms with E-state index in [0.717, 1.165) is 0 Å². The van der Waals surface area contributed by atoms with Crippen molar-refractivity contribution in [1.82, 2.24) is 4.72 Å². The zero-order chi connectivity index (χ0) is 14.6. The highest BCUT2D eigenvalue weighted by Crippen LogP contribution is 2.16. The fourth-order valence-corrected chi connectivity index (χ4v) is 3.03. The topological polar surface area (TPSA) is 121 Å². The third-order valence-electron chi connectivity index (χ3n) is 2.08. The van der Waals surface area contributed by atoms with Crippen LogP contribution in [0.2, 0.25) is 0 Å². The summed E-state index contributed by atoms with van der Waals surface area (Å²) >= 11 is 3.09. The monoisotopic (exact) mass is 351 g/mol. The van der Waals surface area contributed by atoms with Crippen molar-refractivity contribution in [2.45, 2.75) is 17.4 Å². The number of hydrogen-bond donors (Lipinski definition) is 3. The van der Waals surface area contributed by atoms with E-state index in [9.17, 15) is 18.0 Å². The van der Waals surface area contributed by atoms with Gasteiger partial charge in [-0.2, -0.15) is 4.72 Å². The standard InChI is InChI=1S/C10H10BrNO6S/c11-6-2-1-3-7(4-6)19(17,18)12-8(10(15)16)5-9(13)14/h1-4,8,12H,5H2,(H,13,14)(H,15,16)/t8-/m1/s1. The van der Waals surface area contributed by atoms with Crippen LogP contribution in [0.4, 0.5) is 0 Å². The highest BCUT2D eigenvalue weighted by molar-refractivity contribution is 9.10. The normalized spacial score (nSPS) is 12.9. The molecule has 9 heteroatoms. The Bertz CT molecular complexity index is 600. The number of rotatable bonds is 6. The molecule has 19 heavy (non-hydrogen) atoms. The SMILES string of the molecule is O=C(O)C[C@@H](NS(=O)(=O)c1cccc(Br)c1)C(=O)O. The molecule has 3 N–H and O–H groups in total. The number of hydrogen-bond acceptors (Lipinski definition) is 4. The Morgan fingerprint density at radius 1 is 1.32 bits per heavy atom. The van der Waals surface area contributed by atoms with Gasteiger partial charge in [-0.1, -0.05) is 22.0 Å². The van der Waals surface area contributed by atoms with Crippen LogP contribution in [0.3, 0.4) is 0 Å². The summed E-state index contributed by atoms with van der Waals surface area (Å²) in [6.07, 6.45) is -0.845. The van der Waals surface area contributed by atoms with Gasteiger partial charge in [-0.05, 0) is 18.2 Å². The molecule has 0 spiro atoms. The molecule has 1 aromatic rings. The lowest BCUT2D eigenvalue weighted by Crippen LogP contribution is -2.42. The van der Waals surface area contributed by atoms with E-state index < -0.39 is 34.4 Å². The Labute approximate surface area is 117 Å². The average Bonchev–Trinajstić information content (AvgIpc) is 2.27. The van der Waals surface area contributed by atoms with E-state index >= 15 is 0 Å². The number of nitrogens with one attached hydrogen (secondary N) is 1. The van der Waals surface area contributed by atoms with Crippen molar-refractivity contribution >= 4 is 37.9 Å². The summed E-state index contributed by atoms with van der Waals surface area (Å²) in [6.45, 7) is 0. The van der Waals surface area contributed by atoms with Gasteiger partial charge in [0.15, 0.2) is 0 Å². The molecule has 0 heterocycles. The molecule has 104 valence electrons. The fraction of sp³-hybridized carbons (Fsp3) is 0.200. The van der Waals surface area contributed by atoms with Gasteiger partial charge in [0.05, 0.1) is 11.3 Å². The summed E-state index contributed by atoms with van der Waals surface area (Å²) in [5.74, 6) is -2.97. The third-order valence-corrected chi connectivity index (χ3v) is 4.04. The van der Waals surface area contributed by atoms with Crippen LogP contribution < -0.4 is 4.72 Å². The number of carboxylic acids is 2. The number of aliphatic carboxylic acids is 2. The van der Waals surface area contributed by atoms with E-state index in [1.165, 1.54) is 18.2 Å². The van der Waals surface area contributed by atoms with E-state index in [1.54, 1.807) is 6.07 Å². The number of sulfonamides is 1. The molecule has 0 amide bonds. The van der Waals surface area contributed by atoms with Crippen LogP contribution in [-0.4, -0.2) is 36.6 Å². The largest absolute Gasteiger partial charge is 0.481 e. The smallest absolute Gasteiger partial charge is 0.322 e. The first kappa shape index (κ1) is 15.6. The van der Waals surface area contributed by atoms with Crippen molar-refractivity contribution in [3.8, 4) is 0 Å². The van der Waals surface area contributed by atoms with E-state index in [4.69, 9.17) is 10.2 Å². The number of benzene rings is 1. The molecule has 0 aliphatic heterocycles. The average molecular weight is 352 g/mol. The van der Waals surface area contributed by atoms with Crippen LogP contribution in [0, 0.1) is 0 Å². The minimum Gasteiger partial charge on any atom is -0.481 e. The van der Waals surface area contributed by atoms with Gasteiger partial charge < -0.3 is 10.2 Å². The number of carbonyl (C=O) groups is 2. The van der Waals surface area contributed by atoms with Crippen LogP contribution in [0.5, 0.6) is 0 Å². The Morgan fingerprint density at radius 2 is 1.95 bits per heavy atom. The molecule has 0 aromatic heterocycles. The van der Waals surface area contributed by atoms with Crippen molar-refractivity contribution in [3.63, 3.8) is 0 Å². The van der Waals surface area contributed by atoms with E-state index in [-0.39, 0.29) is 4.90 Å². The second-order valence-corrected chi connectivity index (χ2v) is 6.20. The molecule has 0 radical (unpaired) electrons. The number of halogens is 1. The Hall–Kier alpha value is -1.45. The van der Waals surface area contributed by atoms with Crippen LogP contribution in [0.15, 0.2) is 33.6 Å². The first-order valence-electron chi connectivity index (χ1n) is 4.95. The maximum atomic E-state index is 11.9. The van der Waals surface area contributed by atoms with E-state index in [2.05, 4.69) is 15.9 Å². The maximum Gasteiger partial charge on any atom is 0.322 e. The molecule has 1 atom stereocenters. The molecule has 0 fully saturated rings. The van der Waals surface area contributed by atoms with Crippen molar-refractivity contribution in [2.75, 3.05) is 0 Å². The zero-order valence-electron chi connectivity index (χ0n) is 9.41. The molecule has 7 nitrogen and oxygen atoms in total. The molecular weight excluding hydrogens is 342 g/mol. The van der Waals surface area contributed by atoms with Crippen LogP contribution in [0.1, 0.15) is 6.42 Å². The summed E-state index contributed by atoms with van der Waals surface area (Å²) in [6, 6.07) is 3.90. The molecule has 0 bridgehead atoms. The van der Waals surface area contributed by atoms with Gasteiger partial charge in [0.1, 0.15) is 6.04 Å². The van der Waals surface area contributed by atoms with E-state index in [1.807, 2.05) is 4.72 Å². The third kappa shape index (κ3) is 4.62. The van der Waals surface area contributed by atoms with Crippen molar-refractivity contribution in [3.05, 3.63) is 28.7 Å². The summed E-state index contributed by atoms with van der Waals surface area (Å²) in [5.41, 5.74) is 0. The second-order valence-electron chi connectivity index (χ2n) is 3.57. The molecule has 0 saturated carbocycles. The van der Waals surface area contributed by atoms with Crippen molar-refractivity contribution in [2.24, 2.45) is 0 Å². The van der Waals surface area contributed by atoms with Crippen LogP contribution >= 0.6 is 15.9 Å². The summed E-state index contributed by atoms with van der Waals surface area (Å²) in [4.78, 5) is 21.1. The van der Waals surface area contributed by atoms with Gasteiger partial charge in [-0.25, -0.2) is 8.42 Å². The number of carboxylic acid groups (broad SMARTS) is 2. The Balaban J connectivity index is 3.00. The van der Waals surface area contributed by atoms with Crippen LogP contribution in [-0.2, 0) is 19.6 Å². The summed E-state index contributed by atoms with van der Waals surface area (Å²) < 4.78 is 26.1. The van der Waals surface area contributed by atoms with Gasteiger partial charge in [0.25, 0.3) is 0 Å². The fourth-order valence-electron chi connectivity index (χ4n) is 1.24. The summed E-state index contributed by atoms with van der Waals surface area (Å²) in [5, 5.41) is 17.3. The Kier molecular flexibility index (Phi) is 5.04. The highest BCUT2D eigenvalue weighted by atomic mass is 79.9. The lowest BCUT2D eigenvalue weighted by molar-refractivity contribution is -0.145. The van der Waals surface area contributed by atoms with Gasteiger partial charge >= 0.3 is 11.9 Å². The quantitative estimate of drug-likeness (QED) is 0.692.